The SMILES string of the molecule is CCN(CC1CCCO1)C(=O)c1ccnc(N)c1F. The standard InChI is InChI=1S/C13H18FN3O2/c1-2-17(8-9-4-3-7-19-9)13(18)10-5-6-16-12(15)11(10)14/h5-6,9H,2-4,7-8H2,1H3,(H2,15,16). The number of nitrogens with two attached hydrogens (primary N) is 1. The molecular formula is C13H18FN3O2. The number of hydrogen-bond acceptors (Lipinski definition) is 4. The van der Waals surface area contributed by atoms with Crippen molar-refractivity contribution < 1.29 is 13.9 Å². The minimum Gasteiger partial charge on any atom is -0.381 e. The van der Waals surface area contributed by atoms with Crippen LogP contribution in [-0.2, 0) is 4.74 Å². The van der Waals surface area contributed by atoms with Gasteiger partial charge in [-0.3, -0.25) is 4.79 Å². The third-order valence-electron chi connectivity index (χ3n) is 3.26. The van der Waals surface area contributed by atoms with E-state index in [4.69, 9.17) is 10.5 Å². The molecule has 104 valence electrons. The average molecular weight is 267 g/mol. The van der Waals surface area contributed by atoms with Crippen molar-refractivity contribution in [1.29, 1.82) is 0 Å². The maximum Gasteiger partial charge on any atom is 0.257 e. The summed E-state index contributed by atoms with van der Waals surface area (Å²) in [6, 6.07) is 1.35. The molecule has 19 heavy (non-hydrogen) atoms. The van der Waals surface area contributed by atoms with Crippen LogP contribution in [0.2, 0.25) is 0 Å². The fourth-order valence-corrected chi connectivity index (χ4v) is 2.19. The summed E-state index contributed by atoms with van der Waals surface area (Å²) in [5.74, 6) is -1.37. The van der Waals surface area contributed by atoms with Crippen LogP contribution >= 0.6 is 0 Å². The molecule has 2 rings (SSSR count). The van der Waals surface area contributed by atoms with E-state index in [2.05, 4.69) is 4.98 Å². The molecule has 1 aliphatic heterocycles. The van der Waals surface area contributed by atoms with Crippen LogP contribution in [0.3, 0.4) is 0 Å². The van der Waals surface area contributed by atoms with Crippen LogP contribution in [0.5, 0.6) is 0 Å². The first kappa shape index (κ1) is 13.7. The van der Waals surface area contributed by atoms with Gasteiger partial charge in [-0.25, -0.2) is 9.37 Å². The van der Waals surface area contributed by atoms with Gasteiger partial charge in [0.1, 0.15) is 0 Å². The van der Waals surface area contributed by atoms with Crippen molar-refractivity contribution in [3.63, 3.8) is 0 Å². The summed E-state index contributed by atoms with van der Waals surface area (Å²) < 4.78 is 19.3. The Labute approximate surface area is 111 Å². The lowest BCUT2D eigenvalue weighted by Crippen LogP contribution is -2.37. The number of anilines is 1. The van der Waals surface area contributed by atoms with Gasteiger partial charge in [0.05, 0.1) is 11.7 Å². The Morgan fingerprint density at radius 3 is 3.11 bits per heavy atom. The van der Waals surface area contributed by atoms with E-state index >= 15 is 0 Å². The molecule has 1 amide bonds. The lowest BCUT2D eigenvalue weighted by Gasteiger charge is -2.24. The number of pyridine rings is 1. The van der Waals surface area contributed by atoms with Gasteiger partial charge in [-0.1, -0.05) is 0 Å². The van der Waals surface area contributed by atoms with E-state index in [1.165, 1.54) is 12.3 Å². The molecule has 1 atom stereocenters. The molecule has 1 unspecified atom stereocenters. The summed E-state index contributed by atoms with van der Waals surface area (Å²) in [4.78, 5) is 17.5. The zero-order valence-corrected chi connectivity index (χ0v) is 10.9. The number of ether oxygens (including phenoxy) is 1. The Morgan fingerprint density at radius 1 is 1.68 bits per heavy atom. The first-order valence-electron chi connectivity index (χ1n) is 6.44. The third kappa shape index (κ3) is 3.01. The van der Waals surface area contributed by atoms with Gasteiger partial charge in [0.15, 0.2) is 11.6 Å². The molecular weight excluding hydrogens is 249 g/mol. The summed E-state index contributed by atoms with van der Waals surface area (Å²) >= 11 is 0. The normalized spacial score (nSPS) is 18.5. The molecule has 2 N–H and O–H groups in total. The second-order valence-corrected chi connectivity index (χ2v) is 4.54. The summed E-state index contributed by atoms with van der Waals surface area (Å²) in [6.45, 7) is 3.57. The first-order chi connectivity index (χ1) is 9.13. The molecule has 6 heteroatoms. The predicted octanol–water partition coefficient (Wildman–Crippen LogP) is 1.44. The molecule has 1 fully saturated rings. The highest BCUT2D eigenvalue weighted by atomic mass is 19.1. The molecule has 1 aromatic heterocycles. The fraction of sp³-hybridized carbons (Fsp3) is 0.538. The molecule has 5 nitrogen and oxygen atoms in total. The second-order valence-electron chi connectivity index (χ2n) is 4.54. The highest BCUT2D eigenvalue weighted by Crippen LogP contribution is 2.17. The molecule has 0 saturated carbocycles. The van der Waals surface area contributed by atoms with Gasteiger partial charge >= 0.3 is 0 Å². The number of nitrogens with zero attached hydrogens (tertiary/aromatic N) is 2. The van der Waals surface area contributed by atoms with Gasteiger partial charge in [0, 0.05) is 25.9 Å². The zero-order valence-electron chi connectivity index (χ0n) is 10.9. The van der Waals surface area contributed by atoms with E-state index < -0.39 is 5.82 Å². The molecule has 0 spiro atoms. The Hall–Kier alpha value is -1.69. The number of carbonyl (C=O) groups is 1. The highest BCUT2D eigenvalue weighted by Gasteiger charge is 2.24. The monoisotopic (exact) mass is 267 g/mol. The van der Waals surface area contributed by atoms with Gasteiger partial charge in [-0.05, 0) is 25.8 Å². The maximum absolute atomic E-state index is 13.8. The van der Waals surface area contributed by atoms with Crippen LogP contribution in [0.4, 0.5) is 10.2 Å². The molecule has 0 aliphatic carbocycles. The van der Waals surface area contributed by atoms with Gasteiger partial charge in [-0.2, -0.15) is 0 Å². The van der Waals surface area contributed by atoms with E-state index in [0.29, 0.717) is 13.1 Å². The summed E-state index contributed by atoms with van der Waals surface area (Å²) in [5.41, 5.74) is 5.35. The quantitative estimate of drug-likeness (QED) is 0.896. The Kier molecular flexibility index (Phi) is 4.31. The van der Waals surface area contributed by atoms with Crippen molar-refractivity contribution in [2.45, 2.75) is 25.9 Å². The van der Waals surface area contributed by atoms with Crippen LogP contribution in [0.25, 0.3) is 0 Å². The lowest BCUT2D eigenvalue weighted by atomic mass is 10.2. The average Bonchev–Trinajstić information content (AvgIpc) is 2.91. The van der Waals surface area contributed by atoms with E-state index in [1.807, 2.05) is 6.92 Å². The van der Waals surface area contributed by atoms with Gasteiger partial charge in [0.25, 0.3) is 5.91 Å². The van der Waals surface area contributed by atoms with Crippen LogP contribution in [0, 0.1) is 5.82 Å². The third-order valence-corrected chi connectivity index (χ3v) is 3.26. The van der Waals surface area contributed by atoms with E-state index in [0.717, 1.165) is 19.4 Å². The van der Waals surface area contributed by atoms with Gasteiger partial charge < -0.3 is 15.4 Å². The number of rotatable bonds is 4. The first-order valence-corrected chi connectivity index (χ1v) is 6.44. The number of halogens is 1. The van der Waals surface area contributed by atoms with E-state index in [-0.39, 0.29) is 23.4 Å². The number of amides is 1. The van der Waals surface area contributed by atoms with Gasteiger partial charge in [0.2, 0.25) is 0 Å². The Balaban J connectivity index is 2.13. The lowest BCUT2D eigenvalue weighted by molar-refractivity contribution is 0.0535. The maximum atomic E-state index is 13.8. The Bertz CT molecular complexity index is 461. The van der Waals surface area contributed by atoms with Crippen molar-refractivity contribution in [2.75, 3.05) is 25.4 Å². The summed E-state index contributed by atoms with van der Waals surface area (Å²) in [6.07, 6.45) is 3.33. The van der Waals surface area contributed by atoms with Crippen LogP contribution < -0.4 is 5.73 Å². The molecule has 0 radical (unpaired) electrons. The van der Waals surface area contributed by atoms with Crippen LogP contribution in [-0.4, -0.2) is 41.6 Å². The van der Waals surface area contributed by atoms with E-state index in [9.17, 15) is 9.18 Å². The number of aromatic nitrogens is 1. The second kappa shape index (κ2) is 5.97. The molecule has 0 bridgehead atoms. The van der Waals surface area contributed by atoms with Crippen molar-refractivity contribution in [3.8, 4) is 0 Å². The zero-order chi connectivity index (χ0) is 13.8. The molecule has 1 aromatic rings. The molecule has 0 aromatic carbocycles. The molecule has 2 heterocycles. The number of nitrogen functional groups attached to an aromatic ring is 1. The number of hydrogen-bond donors (Lipinski definition) is 1. The van der Waals surface area contributed by atoms with Crippen molar-refractivity contribution in [1.82, 2.24) is 9.88 Å². The van der Waals surface area contributed by atoms with E-state index in [1.54, 1.807) is 4.90 Å². The summed E-state index contributed by atoms with van der Waals surface area (Å²) in [5, 5.41) is 0. The fourth-order valence-electron chi connectivity index (χ4n) is 2.19. The van der Waals surface area contributed by atoms with Crippen LogP contribution in [0.1, 0.15) is 30.1 Å². The number of likely N-dealkylation sites (N-methyl/N-ethyl adjacent to an activating group) is 1. The molecule has 1 aliphatic rings. The van der Waals surface area contributed by atoms with Gasteiger partial charge in [-0.15, -0.1) is 0 Å². The highest BCUT2D eigenvalue weighted by molar-refractivity contribution is 5.95. The Morgan fingerprint density at radius 2 is 2.47 bits per heavy atom. The van der Waals surface area contributed by atoms with Crippen LogP contribution in [0.15, 0.2) is 12.3 Å². The molecule has 1 saturated heterocycles. The largest absolute Gasteiger partial charge is 0.381 e. The number of carbonyl (C=O) groups excluding carboxylic acids is 1. The van der Waals surface area contributed by atoms with Crippen molar-refractivity contribution in [3.05, 3.63) is 23.6 Å². The predicted molar refractivity (Wildman–Crippen MR) is 69.2 cm³/mol. The van der Waals surface area contributed by atoms with Crippen molar-refractivity contribution >= 4 is 11.7 Å². The minimum absolute atomic E-state index is 0.0349. The minimum atomic E-state index is -0.752. The van der Waals surface area contributed by atoms with Crippen molar-refractivity contribution in [2.24, 2.45) is 0 Å². The topological polar surface area (TPSA) is 68.5 Å². The summed E-state index contributed by atoms with van der Waals surface area (Å²) in [7, 11) is 0. The smallest absolute Gasteiger partial charge is 0.257 e.